The van der Waals surface area contributed by atoms with E-state index in [9.17, 15) is 4.79 Å². The highest BCUT2D eigenvalue weighted by Crippen LogP contribution is 2.18. The van der Waals surface area contributed by atoms with Crippen LogP contribution in [-0.4, -0.2) is 31.3 Å². The van der Waals surface area contributed by atoms with Crippen LogP contribution in [0.1, 0.15) is 47.5 Å². The zero-order valence-corrected chi connectivity index (χ0v) is 14.4. The quantitative estimate of drug-likeness (QED) is 0.738. The molecule has 0 radical (unpaired) electrons. The number of aromatic nitrogens is 5. The highest BCUT2D eigenvalue weighted by molar-refractivity contribution is 5.94. The van der Waals surface area contributed by atoms with Gasteiger partial charge in [-0.15, -0.1) is 10.2 Å². The molecule has 130 valence electrons. The number of nitrogens with zero attached hydrogens (tertiary/aromatic N) is 5. The molecule has 0 bridgehead atoms. The van der Waals surface area contributed by atoms with Crippen LogP contribution in [0, 0.1) is 12.8 Å². The van der Waals surface area contributed by atoms with Crippen molar-refractivity contribution in [3.05, 3.63) is 59.2 Å². The molecule has 1 amide bonds. The highest BCUT2D eigenvalue weighted by Gasteiger charge is 2.24. The molecule has 1 atom stereocenters. The Bertz CT molecular complexity index is 840. The average Bonchev–Trinajstić information content (AvgIpc) is 3.22. The fourth-order valence-corrected chi connectivity index (χ4v) is 2.43. The number of carbonyl (C=O) groups is 1. The first kappa shape index (κ1) is 16.8. The number of amides is 1. The highest BCUT2D eigenvalue weighted by atomic mass is 16.5. The van der Waals surface area contributed by atoms with Crippen LogP contribution in [0.2, 0.25) is 0 Å². The second-order valence-corrected chi connectivity index (χ2v) is 6.17. The van der Waals surface area contributed by atoms with E-state index in [0.29, 0.717) is 17.9 Å². The molecule has 0 aliphatic heterocycles. The predicted molar refractivity (Wildman–Crippen MR) is 89.6 cm³/mol. The van der Waals surface area contributed by atoms with Crippen LogP contribution in [0.15, 0.2) is 40.9 Å². The summed E-state index contributed by atoms with van der Waals surface area (Å²) in [5.41, 5.74) is 1.31. The minimum Gasteiger partial charge on any atom is -0.361 e. The average molecular weight is 340 g/mol. The van der Waals surface area contributed by atoms with Gasteiger partial charge >= 0.3 is 0 Å². The normalized spacial score (nSPS) is 12.3. The zero-order valence-electron chi connectivity index (χ0n) is 14.4. The minimum absolute atomic E-state index is 0.111. The number of hydrogen-bond acceptors (Lipinski definition) is 6. The van der Waals surface area contributed by atoms with E-state index in [2.05, 4.69) is 25.9 Å². The monoisotopic (exact) mass is 340 g/mol. The maximum Gasteiger partial charge on any atom is 0.251 e. The summed E-state index contributed by atoms with van der Waals surface area (Å²) < 4.78 is 5.03. The molecule has 8 heteroatoms. The molecular formula is C17H20N6O2. The third-order valence-corrected chi connectivity index (χ3v) is 3.72. The topological polar surface area (TPSA) is 98.7 Å². The maximum atomic E-state index is 12.4. The molecule has 8 nitrogen and oxygen atoms in total. The SMILES string of the molecule is Cc1cc(Cn2nnc(C(NC(=O)c3ccccc3)C(C)C)n2)no1. The van der Waals surface area contributed by atoms with Gasteiger partial charge in [-0.3, -0.25) is 4.79 Å². The summed E-state index contributed by atoms with van der Waals surface area (Å²) in [4.78, 5) is 13.9. The third kappa shape index (κ3) is 4.09. The first-order chi connectivity index (χ1) is 12.0. The molecule has 2 heterocycles. The summed E-state index contributed by atoms with van der Waals surface area (Å²) in [6, 6.07) is 10.5. The van der Waals surface area contributed by atoms with Gasteiger partial charge in [-0.25, -0.2) is 0 Å². The Labute approximate surface area is 145 Å². The minimum atomic E-state index is -0.333. The van der Waals surface area contributed by atoms with Crippen molar-refractivity contribution in [2.45, 2.75) is 33.4 Å². The standard InChI is InChI=1S/C17H20N6O2/c1-11(2)15(18-17(24)13-7-5-4-6-8-13)16-19-22-23(20-16)10-14-9-12(3)25-21-14/h4-9,11,15H,10H2,1-3H3,(H,18,24). The van der Waals surface area contributed by atoms with Crippen LogP contribution in [-0.2, 0) is 6.54 Å². The van der Waals surface area contributed by atoms with Gasteiger partial charge in [0.2, 0.25) is 0 Å². The molecule has 0 saturated heterocycles. The fraction of sp³-hybridized carbons (Fsp3) is 0.353. The van der Waals surface area contributed by atoms with E-state index in [1.807, 2.05) is 45.0 Å². The smallest absolute Gasteiger partial charge is 0.251 e. The Balaban J connectivity index is 1.73. The molecule has 25 heavy (non-hydrogen) atoms. The predicted octanol–water partition coefficient (Wildman–Crippen LogP) is 2.14. The lowest BCUT2D eigenvalue weighted by atomic mass is 10.0. The van der Waals surface area contributed by atoms with E-state index in [1.165, 1.54) is 4.80 Å². The molecule has 2 aromatic heterocycles. The fourth-order valence-electron chi connectivity index (χ4n) is 2.43. The second kappa shape index (κ2) is 7.25. The van der Waals surface area contributed by atoms with Crippen LogP contribution in [0.4, 0.5) is 0 Å². The van der Waals surface area contributed by atoms with Crippen molar-refractivity contribution in [2.24, 2.45) is 5.92 Å². The first-order valence-electron chi connectivity index (χ1n) is 8.08. The Morgan fingerprint density at radius 2 is 2.04 bits per heavy atom. The summed E-state index contributed by atoms with van der Waals surface area (Å²) >= 11 is 0. The lowest BCUT2D eigenvalue weighted by molar-refractivity contribution is 0.0923. The van der Waals surface area contributed by atoms with E-state index in [4.69, 9.17) is 4.52 Å². The summed E-state index contributed by atoms with van der Waals surface area (Å²) in [6.07, 6.45) is 0. The van der Waals surface area contributed by atoms with E-state index >= 15 is 0 Å². The molecule has 3 aromatic rings. The summed E-state index contributed by atoms with van der Waals surface area (Å²) in [6.45, 7) is 6.18. The van der Waals surface area contributed by atoms with Crippen molar-refractivity contribution in [3.8, 4) is 0 Å². The number of tetrazole rings is 1. The van der Waals surface area contributed by atoms with Crippen LogP contribution < -0.4 is 5.32 Å². The number of aryl methyl sites for hydroxylation is 1. The molecule has 0 fully saturated rings. The van der Waals surface area contributed by atoms with Crippen molar-refractivity contribution in [1.29, 1.82) is 0 Å². The number of benzene rings is 1. The van der Waals surface area contributed by atoms with Gasteiger partial charge in [0, 0.05) is 11.6 Å². The van der Waals surface area contributed by atoms with Crippen molar-refractivity contribution < 1.29 is 9.32 Å². The zero-order chi connectivity index (χ0) is 17.8. The summed E-state index contributed by atoms with van der Waals surface area (Å²) in [5.74, 6) is 1.15. The molecular weight excluding hydrogens is 320 g/mol. The third-order valence-electron chi connectivity index (χ3n) is 3.72. The van der Waals surface area contributed by atoms with Gasteiger partial charge in [-0.05, 0) is 30.2 Å². The summed E-state index contributed by atoms with van der Waals surface area (Å²) in [5, 5.41) is 19.4. The van der Waals surface area contributed by atoms with Crippen molar-refractivity contribution in [1.82, 2.24) is 30.7 Å². The van der Waals surface area contributed by atoms with Gasteiger partial charge in [0.25, 0.3) is 5.91 Å². The van der Waals surface area contributed by atoms with Gasteiger partial charge in [0.05, 0.1) is 6.04 Å². The number of rotatable bonds is 6. The van der Waals surface area contributed by atoms with Gasteiger partial charge in [-0.1, -0.05) is 37.2 Å². The van der Waals surface area contributed by atoms with Gasteiger partial charge in [-0.2, -0.15) is 4.80 Å². The molecule has 1 aromatic carbocycles. The molecule has 3 rings (SSSR count). The van der Waals surface area contributed by atoms with Crippen molar-refractivity contribution >= 4 is 5.91 Å². The summed E-state index contributed by atoms with van der Waals surface area (Å²) in [7, 11) is 0. The molecule has 1 unspecified atom stereocenters. The van der Waals surface area contributed by atoms with Crippen molar-refractivity contribution in [3.63, 3.8) is 0 Å². The van der Waals surface area contributed by atoms with E-state index in [-0.39, 0.29) is 17.9 Å². The van der Waals surface area contributed by atoms with Crippen LogP contribution >= 0.6 is 0 Å². The molecule has 0 spiro atoms. The van der Waals surface area contributed by atoms with E-state index in [1.54, 1.807) is 12.1 Å². The van der Waals surface area contributed by atoms with E-state index < -0.39 is 0 Å². The second-order valence-electron chi connectivity index (χ2n) is 6.17. The largest absolute Gasteiger partial charge is 0.361 e. The van der Waals surface area contributed by atoms with Gasteiger partial charge < -0.3 is 9.84 Å². The Morgan fingerprint density at radius 3 is 2.68 bits per heavy atom. The van der Waals surface area contributed by atoms with Gasteiger partial charge in [0.1, 0.15) is 18.0 Å². The van der Waals surface area contributed by atoms with Gasteiger partial charge in [0.15, 0.2) is 5.82 Å². The number of nitrogens with one attached hydrogen (secondary N) is 1. The Morgan fingerprint density at radius 1 is 1.28 bits per heavy atom. The number of hydrogen-bond donors (Lipinski definition) is 1. The molecule has 0 aliphatic rings. The Hall–Kier alpha value is -3.03. The Kier molecular flexibility index (Phi) is 4.87. The molecule has 1 N–H and O–H groups in total. The van der Waals surface area contributed by atoms with E-state index in [0.717, 1.165) is 11.5 Å². The van der Waals surface area contributed by atoms with Crippen LogP contribution in [0.5, 0.6) is 0 Å². The van der Waals surface area contributed by atoms with Crippen molar-refractivity contribution in [2.75, 3.05) is 0 Å². The first-order valence-corrected chi connectivity index (χ1v) is 8.08. The number of carbonyl (C=O) groups excluding carboxylic acids is 1. The lowest BCUT2D eigenvalue weighted by Crippen LogP contribution is -2.32. The van der Waals surface area contributed by atoms with Crippen LogP contribution in [0.25, 0.3) is 0 Å². The van der Waals surface area contributed by atoms with Crippen LogP contribution in [0.3, 0.4) is 0 Å². The maximum absolute atomic E-state index is 12.4. The molecule has 0 saturated carbocycles. The lowest BCUT2D eigenvalue weighted by Gasteiger charge is -2.19. The molecule has 0 aliphatic carbocycles.